The number of hydrogen-bond donors (Lipinski definition) is 1. The summed E-state index contributed by atoms with van der Waals surface area (Å²) in [4.78, 5) is 11.3. The number of methoxy groups -OCH3 is 1. The molecule has 0 aliphatic rings. The Morgan fingerprint density at radius 3 is 2.50 bits per heavy atom. The van der Waals surface area contributed by atoms with Crippen molar-refractivity contribution in [3.8, 4) is 5.75 Å². The standard InChI is InChI=1S/C11H15NO3.ClH/c1-7(2)15-8-4-5-10(12)9(6-8)11(13)14-3;/h4-7H,12H2,1-3H3;1H. The zero-order chi connectivity index (χ0) is 11.4. The van der Waals surface area contributed by atoms with Crippen molar-refractivity contribution in [3.63, 3.8) is 0 Å². The predicted molar refractivity (Wildman–Crippen MR) is 65.2 cm³/mol. The average molecular weight is 246 g/mol. The quantitative estimate of drug-likeness (QED) is 0.656. The Balaban J connectivity index is 0.00000225. The Kier molecular flexibility index (Phi) is 5.67. The van der Waals surface area contributed by atoms with Crippen LogP contribution in [0.2, 0.25) is 0 Å². The normalized spacial score (nSPS) is 9.50. The molecule has 0 radical (unpaired) electrons. The number of carbonyl (C=O) groups is 1. The third-order valence-electron chi connectivity index (χ3n) is 1.80. The van der Waals surface area contributed by atoms with Gasteiger partial charge in [-0.25, -0.2) is 4.79 Å². The smallest absolute Gasteiger partial charge is 0.340 e. The number of esters is 1. The molecule has 0 saturated carbocycles. The zero-order valence-corrected chi connectivity index (χ0v) is 10.3. The SMILES string of the molecule is COC(=O)c1cc(OC(C)C)ccc1N.Cl. The number of rotatable bonds is 3. The van der Waals surface area contributed by atoms with Crippen LogP contribution in [0.15, 0.2) is 18.2 Å². The van der Waals surface area contributed by atoms with E-state index in [2.05, 4.69) is 4.74 Å². The number of benzene rings is 1. The molecule has 0 fully saturated rings. The van der Waals surface area contributed by atoms with Crippen LogP contribution in [-0.4, -0.2) is 19.2 Å². The van der Waals surface area contributed by atoms with Crippen LogP contribution in [0.5, 0.6) is 5.75 Å². The van der Waals surface area contributed by atoms with Crippen LogP contribution in [0.4, 0.5) is 5.69 Å². The largest absolute Gasteiger partial charge is 0.491 e. The lowest BCUT2D eigenvalue weighted by molar-refractivity contribution is 0.0601. The number of carbonyl (C=O) groups excluding carboxylic acids is 1. The van der Waals surface area contributed by atoms with E-state index >= 15 is 0 Å². The Labute approximate surface area is 101 Å². The molecule has 90 valence electrons. The van der Waals surface area contributed by atoms with E-state index in [0.717, 1.165) is 0 Å². The van der Waals surface area contributed by atoms with Crippen LogP contribution in [0.25, 0.3) is 0 Å². The lowest BCUT2D eigenvalue weighted by Crippen LogP contribution is -2.09. The fourth-order valence-electron chi connectivity index (χ4n) is 1.17. The van der Waals surface area contributed by atoms with Crippen molar-refractivity contribution in [2.45, 2.75) is 20.0 Å². The molecular formula is C11H16ClNO3. The molecule has 0 bridgehead atoms. The minimum atomic E-state index is -0.457. The van der Waals surface area contributed by atoms with Crippen molar-refractivity contribution in [1.29, 1.82) is 0 Å². The highest BCUT2D eigenvalue weighted by Crippen LogP contribution is 2.21. The van der Waals surface area contributed by atoms with Crippen LogP contribution in [0.3, 0.4) is 0 Å². The molecule has 5 heteroatoms. The van der Waals surface area contributed by atoms with Gasteiger partial charge >= 0.3 is 5.97 Å². The Bertz CT molecular complexity index is 366. The van der Waals surface area contributed by atoms with Gasteiger partial charge in [0.05, 0.1) is 18.8 Å². The summed E-state index contributed by atoms with van der Waals surface area (Å²) in [6.07, 6.45) is 0.0547. The number of nitrogen functional groups attached to an aromatic ring is 1. The van der Waals surface area contributed by atoms with Crippen LogP contribution in [0.1, 0.15) is 24.2 Å². The highest BCUT2D eigenvalue weighted by atomic mass is 35.5. The van der Waals surface area contributed by atoms with Crippen LogP contribution >= 0.6 is 12.4 Å². The summed E-state index contributed by atoms with van der Waals surface area (Å²) >= 11 is 0. The number of halogens is 1. The van der Waals surface area contributed by atoms with E-state index in [4.69, 9.17) is 10.5 Å². The Morgan fingerprint density at radius 1 is 1.38 bits per heavy atom. The van der Waals surface area contributed by atoms with Gasteiger partial charge in [0.1, 0.15) is 5.75 Å². The summed E-state index contributed by atoms with van der Waals surface area (Å²) in [6, 6.07) is 4.94. The molecule has 0 aliphatic heterocycles. The molecule has 4 nitrogen and oxygen atoms in total. The summed E-state index contributed by atoms with van der Waals surface area (Å²) in [5.74, 6) is 0.154. The molecule has 0 amide bonds. The molecule has 0 unspecified atom stereocenters. The lowest BCUT2D eigenvalue weighted by Gasteiger charge is -2.11. The fourth-order valence-corrected chi connectivity index (χ4v) is 1.17. The first-order chi connectivity index (χ1) is 7.04. The van der Waals surface area contributed by atoms with Gasteiger partial charge in [0.2, 0.25) is 0 Å². The maximum atomic E-state index is 11.3. The summed E-state index contributed by atoms with van der Waals surface area (Å²) in [5, 5.41) is 0. The third kappa shape index (κ3) is 3.62. The second kappa shape index (κ2) is 6.23. The monoisotopic (exact) mass is 245 g/mol. The van der Waals surface area contributed by atoms with E-state index in [9.17, 15) is 4.79 Å². The van der Waals surface area contributed by atoms with E-state index in [1.54, 1.807) is 18.2 Å². The molecule has 0 aliphatic carbocycles. The molecule has 2 N–H and O–H groups in total. The van der Waals surface area contributed by atoms with E-state index < -0.39 is 5.97 Å². The molecule has 0 saturated heterocycles. The van der Waals surface area contributed by atoms with Gasteiger partial charge in [0, 0.05) is 5.69 Å². The van der Waals surface area contributed by atoms with Gasteiger partial charge in [-0.2, -0.15) is 0 Å². The Hall–Kier alpha value is -1.42. The second-order valence-corrected chi connectivity index (χ2v) is 3.41. The van der Waals surface area contributed by atoms with E-state index in [0.29, 0.717) is 17.0 Å². The van der Waals surface area contributed by atoms with Gasteiger partial charge < -0.3 is 15.2 Å². The second-order valence-electron chi connectivity index (χ2n) is 3.41. The molecule has 0 aromatic heterocycles. The first kappa shape index (κ1) is 14.6. The summed E-state index contributed by atoms with van der Waals surface area (Å²) < 4.78 is 10.0. The maximum Gasteiger partial charge on any atom is 0.340 e. The van der Waals surface area contributed by atoms with E-state index in [1.165, 1.54) is 7.11 Å². The molecule has 1 rings (SSSR count). The third-order valence-corrected chi connectivity index (χ3v) is 1.80. The van der Waals surface area contributed by atoms with Crippen LogP contribution < -0.4 is 10.5 Å². The molecule has 0 spiro atoms. The van der Waals surface area contributed by atoms with Gasteiger partial charge in [0.25, 0.3) is 0 Å². The summed E-state index contributed by atoms with van der Waals surface area (Å²) in [6.45, 7) is 3.82. The molecule has 0 atom stereocenters. The number of hydrogen-bond acceptors (Lipinski definition) is 4. The number of nitrogens with two attached hydrogens (primary N) is 1. The van der Waals surface area contributed by atoms with Crippen molar-refractivity contribution >= 4 is 24.1 Å². The molecule has 0 heterocycles. The van der Waals surface area contributed by atoms with Crippen molar-refractivity contribution in [2.75, 3.05) is 12.8 Å². The van der Waals surface area contributed by atoms with Gasteiger partial charge in [0.15, 0.2) is 0 Å². The van der Waals surface area contributed by atoms with Gasteiger partial charge in [-0.3, -0.25) is 0 Å². The molecular weight excluding hydrogens is 230 g/mol. The number of ether oxygens (including phenoxy) is 2. The predicted octanol–water partition coefficient (Wildman–Crippen LogP) is 2.26. The molecule has 16 heavy (non-hydrogen) atoms. The van der Waals surface area contributed by atoms with Crippen molar-refractivity contribution in [1.82, 2.24) is 0 Å². The Morgan fingerprint density at radius 2 is 2.00 bits per heavy atom. The number of anilines is 1. The van der Waals surface area contributed by atoms with Crippen molar-refractivity contribution in [3.05, 3.63) is 23.8 Å². The van der Waals surface area contributed by atoms with Crippen molar-refractivity contribution in [2.24, 2.45) is 0 Å². The maximum absolute atomic E-state index is 11.3. The van der Waals surface area contributed by atoms with Crippen LogP contribution in [-0.2, 0) is 4.74 Å². The minimum absolute atomic E-state index is 0. The first-order valence-electron chi connectivity index (χ1n) is 4.69. The van der Waals surface area contributed by atoms with Crippen LogP contribution in [0, 0.1) is 0 Å². The van der Waals surface area contributed by atoms with Gasteiger partial charge in [-0.15, -0.1) is 12.4 Å². The van der Waals surface area contributed by atoms with E-state index in [-0.39, 0.29) is 18.5 Å². The molecule has 1 aromatic rings. The van der Waals surface area contributed by atoms with Gasteiger partial charge in [-0.1, -0.05) is 0 Å². The zero-order valence-electron chi connectivity index (χ0n) is 9.52. The first-order valence-corrected chi connectivity index (χ1v) is 4.69. The average Bonchev–Trinajstić information content (AvgIpc) is 2.19. The highest BCUT2D eigenvalue weighted by molar-refractivity contribution is 5.95. The fraction of sp³-hybridized carbons (Fsp3) is 0.364. The van der Waals surface area contributed by atoms with Crippen molar-refractivity contribution < 1.29 is 14.3 Å². The van der Waals surface area contributed by atoms with Gasteiger partial charge in [-0.05, 0) is 32.0 Å². The lowest BCUT2D eigenvalue weighted by atomic mass is 10.1. The summed E-state index contributed by atoms with van der Waals surface area (Å²) in [7, 11) is 1.32. The summed E-state index contributed by atoms with van der Waals surface area (Å²) in [5.41, 5.74) is 6.36. The topological polar surface area (TPSA) is 61.5 Å². The van der Waals surface area contributed by atoms with E-state index in [1.807, 2.05) is 13.8 Å². The minimum Gasteiger partial charge on any atom is -0.491 e. The highest BCUT2D eigenvalue weighted by Gasteiger charge is 2.11. The molecule has 1 aromatic carbocycles.